The molecular formula is C34H29FO8. The number of ether oxygens (including phenoxy) is 4. The van der Waals surface area contributed by atoms with Gasteiger partial charge in [-0.1, -0.05) is 44.5 Å². The highest BCUT2D eigenvalue weighted by Gasteiger charge is 2.20. The topological polar surface area (TPSA) is 105 Å². The standard InChI is InChI=1S/C34H29FO8/c1-18(2)31(36)40-24-11-13-26(29(17-24)42-33(38)20(5)6)25-12-9-22(15-27(25)35)23-10-14-28(41-32(37)19(3)4)30(16-23)43-34(39)21(7)8/h9-17H,1,3,5,7H2,2,4,6,8H3. The molecule has 0 bridgehead atoms. The Morgan fingerprint density at radius 3 is 1.49 bits per heavy atom. The first kappa shape index (κ1) is 32.0. The first-order valence-electron chi connectivity index (χ1n) is 12.8. The maximum atomic E-state index is 15.6. The zero-order valence-corrected chi connectivity index (χ0v) is 24.2. The zero-order valence-electron chi connectivity index (χ0n) is 24.2. The molecule has 3 aromatic rings. The van der Waals surface area contributed by atoms with Gasteiger partial charge in [-0.25, -0.2) is 23.6 Å². The van der Waals surface area contributed by atoms with Crippen LogP contribution in [0.1, 0.15) is 27.7 Å². The molecule has 0 radical (unpaired) electrons. The summed E-state index contributed by atoms with van der Waals surface area (Å²) >= 11 is 0. The smallest absolute Gasteiger partial charge is 0.338 e. The summed E-state index contributed by atoms with van der Waals surface area (Å²) in [5.74, 6) is -3.74. The van der Waals surface area contributed by atoms with Crippen molar-refractivity contribution in [1.82, 2.24) is 0 Å². The van der Waals surface area contributed by atoms with Crippen LogP contribution in [0.3, 0.4) is 0 Å². The van der Waals surface area contributed by atoms with Gasteiger partial charge in [0.2, 0.25) is 0 Å². The molecule has 0 saturated heterocycles. The summed E-state index contributed by atoms with van der Waals surface area (Å²) in [5.41, 5.74) is 1.60. The van der Waals surface area contributed by atoms with Crippen molar-refractivity contribution in [1.29, 1.82) is 0 Å². The third-order valence-electron chi connectivity index (χ3n) is 5.70. The predicted molar refractivity (Wildman–Crippen MR) is 159 cm³/mol. The van der Waals surface area contributed by atoms with Gasteiger partial charge in [0, 0.05) is 39.5 Å². The Balaban J connectivity index is 2.06. The van der Waals surface area contributed by atoms with Crippen molar-refractivity contribution >= 4 is 23.9 Å². The van der Waals surface area contributed by atoms with Crippen molar-refractivity contribution in [2.45, 2.75) is 27.7 Å². The summed E-state index contributed by atoms with van der Waals surface area (Å²) in [5, 5.41) is 0. The summed E-state index contributed by atoms with van der Waals surface area (Å²) in [4.78, 5) is 48.7. The minimum absolute atomic E-state index is 0.0418. The summed E-state index contributed by atoms with van der Waals surface area (Å²) < 4.78 is 36.9. The quantitative estimate of drug-likeness (QED) is 0.141. The molecule has 0 atom stereocenters. The van der Waals surface area contributed by atoms with Crippen LogP contribution in [0.15, 0.2) is 103 Å². The molecule has 0 saturated carbocycles. The number of hydrogen-bond acceptors (Lipinski definition) is 8. The third-order valence-corrected chi connectivity index (χ3v) is 5.70. The van der Waals surface area contributed by atoms with Gasteiger partial charge in [-0.15, -0.1) is 0 Å². The van der Waals surface area contributed by atoms with Gasteiger partial charge >= 0.3 is 23.9 Å². The molecule has 0 N–H and O–H groups in total. The van der Waals surface area contributed by atoms with Crippen LogP contribution in [0.4, 0.5) is 4.39 Å². The van der Waals surface area contributed by atoms with Crippen molar-refractivity contribution in [3.8, 4) is 45.3 Å². The van der Waals surface area contributed by atoms with Crippen molar-refractivity contribution in [2.75, 3.05) is 0 Å². The molecule has 0 aromatic heterocycles. The van der Waals surface area contributed by atoms with E-state index < -0.39 is 29.7 Å². The van der Waals surface area contributed by atoms with Gasteiger partial charge in [-0.05, 0) is 69.2 Å². The van der Waals surface area contributed by atoms with Gasteiger partial charge in [-0.3, -0.25) is 0 Å². The van der Waals surface area contributed by atoms with E-state index in [9.17, 15) is 19.2 Å². The third kappa shape index (κ3) is 8.01. The fraction of sp³-hybridized carbons (Fsp3) is 0.118. The first-order valence-corrected chi connectivity index (χ1v) is 12.8. The molecule has 8 nitrogen and oxygen atoms in total. The molecule has 43 heavy (non-hydrogen) atoms. The summed E-state index contributed by atoms with van der Waals surface area (Å²) in [7, 11) is 0. The van der Waals surface area contributed by atoms with Gasteiger partial charge in [0.1, 0.15) is 17.3 Å². The molecule has 0 aliphatic heterocycles. The van der Waals surface area contributed by atoms with E-state index in [1.807, 2.05) is 0 Å². The van der Waals surface area contributed by atoms with E-state index in [-0.39, 0.29) is 56.4 Å². The largest absolute Gasteiger partial charge is 0.423 e. The minimum Gasteiger partial charge on any atom is -0.423 e. The molecule has 9 heteroatoms. The second-order valence-corrected chi connectivity index (χ2v) is 9.69. The molecule has 0 spiro atoms. The summed E-state index contributed by atoms with van der Waals surface area (Å²) in [6.45, 7) is 20.0. The van der Waals surface area contributed by atoms with Crippen molar-refractivity contribution in [2.24, 2.45) is 0 Å². The molecule has 0 aliphatic rings. The number of halogens is 1. The molecule has 0 amide bonds. The lowest BCUT2D eigenvalue weighted by Crippen LogP contribution is -2.12. The lowest BCUT2D eigenvalue weighted by atomic mass is 9.98. The van der Waals surface area contributed by atoms with E-state index in [4.69, 9.17) is 18.9 Å². The molecule has 0 heterocycles. The van der Waals surface area contributed by atoms with Crippen LogP contribution in [0.25, 0.3) is 22.3 Å². The van der Waals surface area contributed by atoms with Crippen LogP contribution in [0, 0.1) is 5.82 Å². The van der Waals surface area contributed by atoms with E-state index in [1.54, 1.807) is 12.1 Å². The lowest BCUT2D eigenvalue weighted by molar-refractivity contribution is -0.132. The fourth-order valence-corrected chi connectivity index (χ4v) is 3.39. The number of carbonyl (C=O) groups is 4. The van der Waals surface area contributed by atoms with Crippen LogP contribution in [-0.4, -0.2) is 23.9 Å². The van der Waals surface area contributed by atoms with Crippen molar-refractivity contribution in [3.05, 3.63) is 109 Å². The first-order chi connectivity index (χ1) is 20.2. The predicted octanol–water partition coefficient (Wildman–Crippen LogP) is 7.09. The van der Waals surface area contributed by atoms with Gasteiger partial charge in [0.05, 0.1) is 0 Å². The average Bonchev–Trinajstić information content (AvgIpc) is 2.94. The number of benzene rings is 3. The highest BCUT2D eigenvalue weighted by Crippen LogP contribution is 2.39. The number of rotatable bonds is 10. The van der Waals surface area contributed by atoms with Gasteiger partial charge in [-0.2, -0.15) is 0 Å². The van der Waals surface area contributed by atoms with Gasteiger partial charge in [0.15, 0.2) is 11.5 Å². The van der Waals surface area contributed by atoms with Crippen molar-refractivity contribution in [3.63, 3.8) is 0 Å². The normalized spacial score (nSPS) is 10.3. The number of hydrogen-bond donors (Lipinski definition) is 0. The monoisotopic (exact) mass is 584 g/mol. The Bertz CT molecular complexity index is 1710. The number of esters is 4. The van der Waals surface area contributed by atoms with Crippen LogP contribution >= 0.6 is 0 Å². The lowest BCUT2D eigenvalue weighted by Gasteiger charge is -2.15. The van der Waals surface area contributed by atoms with E-state index in [2.05, 4.69) is 26.3 Å². The second kappa shape index (κ2) is 13.4. The maximum Gasteiger partial charge on any atom is 0.338 e. The van der Waals surface area contributed by atoms with Gasteiger partial charge in [0.25, 0.3) is 0 Å². The molecule has 0 aliphatic carbocycles. The highest BCUT2D eigenvalue weighted by atomic mass is 19.1. The zero-order chi connectivity index (χ0) is 32.0. The maximum absolute atomic E-state index is 15.6. The Labute approximate surface area is 248 Å². The molecule has 0 fully saturated rings. The SMILES string of the molecule is C=C(C)C(=O)Oc1ccc(-c2ccc(-c3ccc(OC(=O)C(=C)C)c(OC(=O)C(=C)C)c3)cc2F)c(OC(=O)C(=C)C)c1. The fourth-order valence-electron chi connectivity index (χ4n) is 3.39. The van der Waals surface area contributed by atoms with E-state index in [1.165, 1.54) is 70.2 Å². The molecule has 0 unspecified atom stereocenters. The Morgan fingerprint density at radius 2 is 0.953 bits per heavy atom. The van der Waals surface area contributed by atoms with E-state index >= 15 is 4.39 Å². The Kier molecular flexibility index (Phi) is 9.95. The Morgan fingerprint density at radius 1 is 0.512 bits per heavy atom. The van der Waals surface area contributed by atoms with Crippen LogP contribution in [-0.2, 0) is 19.2 Å². The molecule has 3 aromatic carbocycles. The van der Waals surface area contributed by atoms with Gasteiger partial charge < -0.3 is 18.9 Å². The van der Waals surface area contributed by atoms with E-state index in [0.717, 1.165) is 0 Å². The van der Waals surface area contributed by atoms with Crippen LogP contribution in [0.5, 0.6) is 23.0 Å². The highest BCUT2D eigenvalue weighted by molar-refractivity contribution is 5.93. The second-order valence-electron chi connectivity index (χ2n) is 9.69. The minimum atomic E-state index is -0.758. The molecule has 220 valence electrons. The van der Waals surface area contributed by atoms with Crippen LogP contribution in [0.2, 0.25) is 0 Å². The summed E-state index contributed by atoms with van der Waals surface area (Å²) in [6, 6.07) is 12.8. The average molecular weight is 585 g/mol. The van der Waals surface area contributed by atoms with Crippen molar-refractivity contribution < 1.29 is 42.5 Å². The summed E-state index contributed by atoms with van der Waals surface area (Å²) in [6.07, 6.45) is 0. The van der Waals surface area contributed by atoms with Crippen LogP contribution < -0.4 is 18.9 Å². The number of carbonyl (C=O) groups excluding carboxylic acids is 4. The van der Waals surface area contributed by atoms with E-state index in [0.29, 0.717) is 11.1 Å². The molecule has 3 rings (SSSR count). The molecular weight excluding hydrogens is 555 g/mol. The Hall–Kier alpha value is -5.57.